The number of rotatable bonds is 6. The first-order valence-electron chi connectivity index (χ1n) is 6.50. The smallest absolute Gasteiger partial charge is 0.228 e. The molecule has 2 rings (SSSR count). The first kappa shape index (κ1) is 12.9. The Morgan fingerprint density at radius 1 is 1.33 bits per heavy atom. The topological polar surface area (TPSA) is 41.6 Å². The number of ether oxygens (including phenoxy) is 1. The van der Waals surface area contributed by atoms with Crippen LogP contribution >= 0.6 is 0 Å². The molecule has 1 N–H and O–H groups in total. The Kier molecular flexibility index (Phi) is 4.20. The second-order valence-electron chi connectivity index (χ2n) is 4.42. The maximum Gasteiger partial charge on any atom is 0.228 e. The van der Waals surface area contributed by atoms with Crippen molar-refractivity contribution in [2.75, 3.05) is 31.6 Å². The van der Waals surface area contributed by atoms with Gasteiger partial charge < -0.3 is 15.0 Å². The van der Waals surface area contributed by atoms with Crippen LogP contribution in [0.15, 0.2) is 18.2 Å². The SMILES string of the molecule is CCN(CC)CCOc1ccc2c(c1)NC(=O)C2. The normalized spacial score (nSPS) is 13.6. The number of hydrogen-bond donors (Lipinski definition) is 1. The molecule has 0 saturated heterocycles. The van der Waals surface area contributed by atoms with Crippen molar-refractivity contribution >= 4 is 11.6 Å². The molecule has 98 valence electrons. The van der Waals surface area contributed by atoms with Gasteiger partial charge in [0.15, 0.2) is 0 Å². The van der Waals surface area contributed by atoms with Crippen molar-refractivity contribution < 1.29 is 9.53 Å². The molecular weight excluding hydrogens is 228 g/mol. The minimum atomic E-state index is 0.0605. The van der Waals surface area contributed by atoms with E-state index in [-0.39, 0.29) is 5.91 Å². The average molecular weight is 248 g/mol. The second kappa shape index (κ2) is 5.87. The van der Waals surface area contributed by atoms with E-state index in [0.717, 1.165) is 36.6 Å². The van der Waals surface area contributed by atoms with Crippen molar-refractivity contribution in [2.24, 2.45) is 0 Å². The molecule has 0 saturated carbocycles. The number of amides is 1. The van der Waals surface area contributed by atoms with Gasteiger partial charge in [-0.25, -0.2) is 0 Å². The van der Waals surface area contributed by atoms with Crippen LogP contribution in [-0.4, -0.2) is 37.0 Å². The van der Waals surface area contributed by atoms with Crippen molar-refractivity contribution in [2.45, 2.75) is 20.3 Å². The number of anilines is 1. The molecule has 1 aliphatic rings. The summed E-state index contributed by atoms with van der Waals surface area (Å²) in [6, 6.07) is 5.80. The number of nitrogens with zero attached hydrogens (tertiary/aromatic N) is 1. The van der Waals surface area contributed by atoms with Crippen molar-refractivity contribution in [3.8, 4) is 5.75 Å². The monoisotopic (exact) mass is 248 g/mol. The van der Waals surface area contributed by atoms with Gasteiger partial charge in [-0.3, -0.25) is 4.79 Å². The van der Waals surface area contributed by atoms with Gasteiger partial charge in [-0.05, 0) is 24.7 Å². The zero-order valence-electron chi connectivity index (χ0n) is 11.0. The molecule has 0 fully saturated rings. The van der Waals surface area contributed by atoms with Gasteiger partial charge in [0, 0.05) is 18.3 Å². The molecule has 0 aliphatic carbocycles. The van der Waals surface area contributed by atoms with Crippen LogP contribution in [0.4, 0.5) is 5.69 Å². The first-order chi connectivity index (χ1) is 8.72. The molecule has 18 heavy (non-hydrogen) atoms. The molecule has 0 bridgehead atoms. The van der Waals surface area contributed by atoms with Crippen molar-refractivity contribution in [3.05, 3.63) is 23.8 Å². The Morgan fingerprint density at radius 2 is 2.11 bits per heavy atom. The van der Waals surface area contributed by atoms with Gasteiger partial charge in [0.1, 0.15) is 12.4 Å². The van der Waals surface area contributed by atoms with Gasteiger partial charge >= 0.3 is 0 Å². The second-order valence-corrected chi connectivity index (χ2v) is 4.42. The number of carbonyl (C=O) groups excluding carboxylic acids is 1. The Balaban J connectivity index is 1.87. The molecule has 1 heterocycles. The third-order valence-electron chi connectivity index (χ3n) is 3.28. The third kappa shape index (κ3) is 3.01. The van der Waals surface area contributed by atoms with Gasteiger partial charge in [-0.1, -0.05) is 19.9 Å². The Bertz CT molecular complexity index is 428. The minimum Gasteiger partial charge on any atom is -0.492 e. The zero-order chi connectivity index (χ0) is 13.0. The summed E-state index contributed by atoms with van der Waals surface area (Å²) in [6.07, 6.45) is 0.481. The van der Waals surface area contributed by atoms with Gasteiger partial charge in [0.2, 0.25) is 5.91 Å². The predicted molar refractivity (Wildman–Crippen MR) is 72.1 cm³/mol. The van der Waals surface area contributed by atoms with E-state index in [0.29, 0.717) is 13.0 Å². The molecule has 0 atom stereocenters. The van der Waals surface area contributed by atoms with Crippen LogP contribution in [0.1, 0.15) is 19.4 Å². The van der Waals surface area contributed by atoms with Crippen LogP contribution in [0.25, 0.3) is 0 Å². The van der Waals surface area contributed by atoms with E-state index >= 15 is 0 Å². The fourth-order valence-electron chi connectivity index (χ4n) is 2.12. The van der Waals surface area contributed by atoms with Gasteiger partial charge in [0.05, 0.1) is 6.42 Å². The molecule has 0 aromatic heterocycles. The third-order valence-corrected chi connectivity index (χ3v) is 3.28. The Labute approximate surface area is 108 Å². The van der Waals surface area contributed by atoms with Gasteiger partial charge in [-0.2, -0.15) is 0 Å². The first-order valence-corrected chi connectivity index (χ1v) is 6.50. The van der Waals surface area contributed by atoms with E-state index in [1.54, 1.807) is 0 Å². The lowest BCUT2D eigenvalue weighted by atomic mass is 10.1. The molecule has 4 nitrogen and oxygen atoms in total. The van der Waals surface area contributed by atoms with Crippen LogP contribution in [0.5, 0.6) is 5.75 Å². The number of carbonyl (C=O) groups is 1. The molecular formula is C14H20N2O2. The summed E-state index contributed by atoms with van der Waals surface area (Å²) >= 11 is 0. The lowest BCUT2D eigenvalue weighted by Crippen LogP contribution is -2.27. The van der Waals surface area contributed by atoms with Gasteiger partial charge in [0.25, 0.3) is 0 Å². The lowest BCUT2D eigenvalue weighted by molar-refractivity contribution is -0.115. The highest BCUT2D eigenvalue weighted by atomic mass is 16.5. The van der Waals surface area contributed by atoms with Crippen LogP contribution < -0.4 is 10.1 Å². The van der Waals surface area contributed by atoms with E-state index < -0.39 is 0 Å². The zero-order valence-corrected chi connectivity index (χ0v) is 11.0. The molecule has 0 spiro atoms. The fourth-order valence-corrected chi connectivity index (χ4v) is 2.12. The predicted octanol–water partition coefficient (Wildman–Crippen LogP) is 1.90. The number of fused-ring (bicyclic) bond motifs is 1. The molecule has 1 aliphatic heterocycles. The number of nitrogens with one attached hydrogen (secondary N) is 1. The Hall–Kier alpha value is -1.55. The van der Waals surface area contributed by atoms with Crippen molar-refractivity contribution in [3.63, 3.8) is 0 Å². The van der Waals surface area contributed by atoms with E-state index in [1.807, 2.05) is 18.2 Å². The molecule has 1 amide bonds. The molecule has 0 radical (unpaired) electrons. The van der Waals surface area contributed by atoms with Crippen LogP contribution in [0.2, 0.25) is 0 Å². The highest BCUT2D eigenvalue weighted by Crippen LogP contribution is 2.27. The average Bonchev–Trinajstić information content (AvgIpc) is 2.74. The quantitative estimate of drug-likeness (QED) is 0.836. The standard InChI is InChI=1S/C14H20N2O2/c1-3-16(4-2)7-8-18-12-6-5-11-9-14(17)15-13(11)10-12/h5-6,10H,3-4,7-9H2,1-2H3,(H,15,17). The van der Waals surface area contributed by atoms with Crippen LogP contribution in [0, 0.1) is 0 Å². The summed E-state index contributed by atoms with van der Waals surface area (Å²) < 4.78 is 5.71. The van der Waals surface area contributed by atoms with E-state index in [2.05, 4.69) is 24.1 Å². The van der Waals surface area contributed by atoms with Crippen molar-refractivity contribution in [1.29, 1.82) is 0 Å². The number of hydrogen-bond acceptors (Lipinski definition) is 3. The number of benzene rings is 1. The highest BCUT2D eigenvalue weighted by molar-refractivity contribution is 5.99. The molecule has 0 unspecified atom stereocenters. The van der Waals surface area contributed by atoms with Crippen molar-refractivity contribution in [1.82, 2.24) is 4.90 Å². The van der Waals surface area contributed by atoms with Gasteiger partial charge in [-0.15, -0.1) is 0 Å². The maximum atomic E-state index is 11.2. The summed E-state index contributed by atoms with van der Waals surface area (Å²) in [4.78, 5) is 13.5. The summed E-state index contributed by atoms with van der Waals surface area (Å²) in [5.41, 5.74) is 1.94. The molecule has 1 aromatic rings. The molecule has 1 aromatic carbocycles. The molecule has 4 heteroatoms. The number of likely N-dealkylation sites (N-methyl/N-ethyl adjacent to an activating group) is 1. The summed E-state index contributed by atoms with van der Waals surface area (Å²) in [5, 5.41) is 2.83. The minimum absolute atomic E-state index is 0.0605. The largest absolute Gasteiger partial charge is 0.492 e. The van der Waals surface area contributed by atoms with E-state index in [1.165, 1.54) is 0 Å². The summed E-state index contributed by atoms with van der Waals surface area (Å²) in [6.45, 7) is 7.98. The van der Waals surface area contributed by atoms with Crippen LogP contribution in [-0.2, 0) is 11.2 Å². The maximum absolute atomic E-state index is 11.2. The summed E-state index contributed by atoms with van der Waals surface area (Å²) in [7, 11) is 0. The fraction of sp³-hybridized carbons (Fsp3) is 0.500. The summed E-state index contributed by atoms with van der Waals surface area (Å²) in [5.74, 6) is 0.883. The lowest BCUT2D eigenvalue weighted by Gasteiger charge is -2.18. The van der Waals surface area contributed by atoms with E-state index in [9.17, 15) is 4.79 Å². The highest BCUT2D eigenvalue weighted by Gasteiger charge is 2.17. The van der Waals surface area contributed by atoms with Crippen LogP contribution in [0.3, 0.4) is 0 Å². The van der Waals surface area contributed by atoms with E-state index in [4.69, 9.17) is 4.74 Å². The Morgan fingerprint density at radius 3 is 2.83 bits per heavy atom.